The van der Waals surface area contributed by atoms with Crippen molar-refractivity contribution in [2.45, 2.75) is 10.2 Å². The van der Waals surface area contributed by atoms with Crippen molar-refractivity contribution in [1.29, 1.82) is 0 Å². The van der Waals surface area contributed by atoms with Crippen LogP contribution in [0, 0.1) is 0 Å². The highest BCUT2D eigenvalue weighted by Gasteiger charge is 2.14. The molecular weight excluding hydrogens is 356 g/mol. The number of aromatic nitrogens is 4. The number of aromatic amines is 1. The number of hydrogen-bond donors (Lipinski definition) is 2. The van der Waals surface area contributed by atoms with Crippen LogP contribution in [0.1, 0.15) is 5.56 Å². The molecule has 0 fully saturated rings. The monoisotopic (exact) mass is 368 g/mol. The Balaban J connectivity index is 1.90. The molecule has 0 spiro atoms. The van der Waals surface area contributed by atoms with Gasteiger partial charge >= 0.3 is 0 Å². The number of nitrogens with zero attached hydrogens (tertiary/aromatic N) is 4. The van der Waals surface area contributed by atoms with Gasteiger partial charge < -0.3 is 0 Å². The standard InChI is InChI=1S/C12H12N6O4S2/c1-24(21,22)12-15-10(20)11(17-18-12)23-7-9(19)16-14-6-8-3-2-4-13-5-8/h2-6H,7H2,1H3,(H,16,19)(H,15,18,20)/b14-6+. The number of carbonyl (C=O) groups is 1. The van der Waals surface area contributed by atoms with Crippen LogP contribution < -0.4 is 11.0 Å². The van der Waals surface area contributed by atoms with Gasteiger partial charge in [-0.05, 0) is 6.07 Å². The maximum Gasteiger partial charge on any atom is 0.284 e. The summed E-state index contributed by atoms with van der Waals surface area (Å²) in [6.07, 6.45) is 5.50. The van der Waals surface area contributed by atoms with Gasteiger partial charge in [0.1, 0.15) is 0 Å². The van der Waals surface area contributed by atoms with E-state index >= 15 is 0 Å². The van der Waals surface area contributed by atoms with Gasteiger partial charge in [-0.25, -0.2) is 13.8 Å². The number of carbonyl (C=O) groups excluding carboxylic acids is 1. The summed E-state index contributed by atoms with van der Waals surface area (Å²) in [5, 5.41) is 10.0. The van der Waals surface area contributed by atoms with Gasteiger partial charge in [0.2, 0.25) is 20.9 Å². The number of sulfone groups is 1. The molecule has 2 N–H and O–H groups in total. The number of hydrazone groups is 1. The molecule has 12 heteroatoms. The molecule has 126 valence electrons. The number of hydrogen-bond acceptors (Lipinski definition) is 9. The normalized spacial score (nSPS) is 11.5. The molecule has 0 radical (unpaired) electrons. The van der Waals surface area contributed by atoms with Crippen molar-refractivity contribution >= 4 is 33.7 Å². The zero-order valence-electron chi connectivity index (χ0n) is 12.3. The van der Waals surface area contributed by atoms with Crippen LogP contribution >= 0.6 is 11.8 Å². The van der Waals surface area contributed by atoms with Crippen LogP contribution in [0.25, 0.3) is 0 Å². The first-order chi connectivity index (χ1) is 11.4. The third-order valence-electron chi connectivity index (χ3n) is 2.42. The lowest BCUT2D eigenvalue weighted by Crippen LogP contribution is -2.22. The quantitative estimate of drug-likeness (QED) is 0.383. The molecule has 0 aliphatic rings. The Kier molecular flexibility index (Phi) is 5.76. The first-order valence-electron chi connectivity index (χ1n) is 6.38. The lowest BCUT2D eigenvalue weighted by Gasteiger charge is -2.00. The summed E-state index contributed by atoms with van der Waals surface area (Å²) >= 11 is 0.810. The van der Waals surface area contributed by atoms with Gasteiger partial charge in [-0.2, -0.15) is 5.10 Å². The zero-order valence-corrected chi connectivity index (χ0v) is 14.0. The molecule has 24 heavy (non-hydrogen) atoms. The summed E-state index contributed by atoms with van der Waals surface area (Å²) in [5.74, 6) is -0.603. The number of pyridine rings is 1. The second-order valence-corrected chi connectivity index (χ2v) is 7.30. The number of H-pyrrole nitrogens is 1. The average molecular weight is 368 g/mol. The SMILES string of the molecule is CS(=O)(=O)c1nnc(SCC(=O)N/N=C/c2cccnc2)c(=O)[nH]1. The Bertz CT molecular complexity index is 911. The second kappa shape index (κ2) is 7.79. The number of rotatable bonds is 6. The molecule has 0 bridgehead atoms. The van der Waals surface area contributed by atoms with E-state index < -0.39 is 26.5 Å². The fourth-order valence-electron chi connectivity index (χ4n) is 1.37. The third kappa shape index (κ3) is 5.24. The van der Waals surface area contributed by atoms with Gasteiger partial charge in [0.15, 0.2) is 5.03 Å². The maximum absolute atomic E-state index is 11.7. The van der Waals surface area contributed by atoms with Crippen molar-refractivity contribution < 1.29 is 13.2 Å². The molecule has 2 aromatic rings. The van der Waals surface area contributed by atoms with E-state index in [2.05, 4.69) is 30.7 Å². The minimum Gasteiger partial charge on any atom is -0.294 e. The zero-order chi connectivity index (χ0) is 17.6. The molecule has 0 saturated carbocycles. The fourth-order valence-corrected chi connectivity index (χ4v) is 2.45. The Morgan fingerprint density at radius 2 is 2.25 bits per heavy atom. The molecule has 1 amide bonds. The smallest absolute Gasteiger partial charge is 0.284 e. The van der Waals surface area contributed by atoms with E-state index in [4.69, 9.17) is 0 Å². The molecule has 0 aliphatic carbocycles. The topological polar surface area (TPSA) is 147 Å². The van der Waals surface area contributed by atoms with Crippen LogP contribution in [-0.4, -0.2) is 52.7 Å². The predicted molar refractivity (Wildman–Crippen MR) is 86.5 cm³/mol. The lowest BCUT2D eigenvalue weighted by molar-refractivity contribution is -0.118. The van der Waals surface area contributed by atoms with Gasteiger partial charge in [-0.15, -0.1) is 10.2 Å². The summed E-state index contributed by atoms with van der Waals surface area (Å²) in [7, 11) is -3.65. The van der Waals surface area contributed by atoms with Gasteiger partial charge in [0, 0.05) is 24.2 Å². The minimum atomic E-state index is -3.65. The second-order valence-electron chi connectivity index (χ2n) is 4.40. The van der Waals surface area contributed by atoms with Crippen LogP contribution in [0.5, 0.6) is 0 Å². The first-order valence-corrected chi connectivity index (χ1v) is 9.26. The van der Waals surface area contributed by atoms with E-state index in [1.54, 1.807) is 24.5 Å². The molecule has 2 heterocycles. The van der Waals surface area contributed by atoms with Gasteiger partial charge in [-0.3, -0.25) is 19.6 Å². The van der Waals surface area contributed by atoms with E-state index in [1.165, 1.54) is 6.21 Å². The van der Waals surface area contributed by atoms with Crippen LogP contribution in [0.3, 0.4) is 0 Å². The van der Waals surface area contributed by atoms with E-state index in [9.17, 15) is 18.0 Å². The highest BCUT2D eigenvalue weighted by atomic mass is 32.2. The summed E-state index contributed by atoms with van der Waals surface area (Å²) in [6, 6.07) is 3.49. The number of thioether (sulfide) groups is 1. The molecule has 10 nitrogen and oxygen atoms in total. The highest BCUT2D eigenvalue weighted by molar-refractivity contribution is 7.99. The van der Waals surface area contributed by atoms with E-state index in [1.807, 2.05) is 0 Å². The number of amides is 1. The third-order valence-corrected chi connectivity index (χ3v) is 4.26. The predicted octanol–water partition coefficient (Wildman–Crippen LogP) is -0.794. The molecule has 0 unspecified atom stereocenters. The maximum atomic E-state index is 11.7. The minimum absolute atomic E-state index is 0.117. The van der Waals surface area contributed by atoms with E-state index in [0.29, 0.717) is 5.56 Å². The van der Waals surface area contributed by atoms with Crippen molar-refractivity contribution in [3.05, 3.63) is 40.4 Å². The molecule has 2 rings (SSSR count). The average Bonchev–Trinajstić information content (AvgIpc) is 2.54. The van der Waals surface area contributed by atoms with Crippen LogP contribution in [0.2, 0.25) is 0 Å². The molecule has 0 saturated heterocycles. The van der Waals surface area contributed by atoms with Crippen LogP contribution in [-0.2, 0) is 14.6 Å². The molecular formula is C12H12N6O4S2. The van der Waals surface area contributed by atoms with E-state index in [-0.39, 0.29) is 10.8 Å². The highest BCUT2D eigenvalue weighted by Crippen LogP contribution is 2.09. The lowest BCUT2D eigenvalue weighted by atomic mass is 10.3. The van der Waals surface area contributed by atoms with Gasteiger partial charge in [0.05, 0.1) is 12.0 Å². The summed E-state index contributed by atoms with van der Waals surface area (Å²) < 4.78 is 22.5. The van der Waals surface area contributed by atoms with Crippen LogP contribution in [0.15, 0.2) is 44.6 Å². The molecule has 0 aliphatic heterocycles. The van der Waals surface area contributed by atoms with Crippen molar-refractivity contribution in [2.24, 2.45) is 5.10 Å². The molecule has 0 aromatic carbocycles. The van der Waals surface area contributed by atoms with Crippen molar-refractivity contribution in [3.63, 3.8) is 0 Å². The van der Waals surface area contributed by atoms with Gasteiger partial charge in [-0.1, -0.05) is 17.8 Å². The van der Waals surface area contributed by atoms with Crippen LogP contribution in [0.4, 0.5) is 0 Å². The van der Waals surface area contributed by atoms with Gasteiger partial charge in [0.25, 0.3) is 5.56 Å². The van der Waals surface area contributed by atoms with Crippen molar-refractivity contribution in [3.8, 4) is 0 Å². The molecule has 2 aromatic heterocycles. The first kappa shape index (κ1) is 17.7. The van der Waals surface area contributed by atoms with Crippen molar-refractivity contribution in [1.82, 2.24) is 25.6 Å². The molecule has 0 atom stereocenters. The Labute approximate surface area is 140 Å². The largest absolute Gasteiger partial charge is 0.294 e. The number of nitrogens with one attached hydrogen (secondary N) is 2. The summed E-state index contributed by atoms with van der Waals surface area (Å²) in [5.41, 5.74) is 2.26. The Hall–Kier alpha value is -2.60. The van der Waals surface area contributed by atoms with E-state index in [0.717, 1.165) is 18.0 Å². The fraction of sp³-hybridized carbons (Fsp3) is 0.167. The Morgan fingerprint density at radius 1 is 1.46 bits per heavy atom. The summed E-state index contributed by atoms with van der Waals surface area (Å²) in [4.78, 5) is 29.3. The summed E-state index contributed by atoms with van der Waals surface area (Å²) in [6.45, 7) is 0. The van der Waals surface area contributed by atoms with Crippen molar-refractivity contribution in [2.75, 3.05) is 12.0 Å². The Morgan fingerprint density at radius 3 is 2.88 bits per heavy atom.